The van der Waals surface area contributed by atoms with E-state index < -0.39 is 5.91 Å². The average molecular weight is 407 g/mol. The zero-order chi connectivity index (χ0) is 20.5. The van der Waals surface area contributed by atoms with Gasteiger partial charge in [0.05, 0.1) is 26.4 Å². The summed E-state index contributed by atoms with van der Waals surface area (Å²) in [6.07, 6.45) is 0.689. The molecule has 0 aliphatic carbocycles. The third-order valence-corrected chi connectivity index (χ3v) is 4.14. The summed E-state index contributed by atoms with van der Waals surface area (Å²) in [6.45, 7) is 2.27. The maximum Gasteiger partial charge on any atom is 0.273 e. The SMILES string of the molecule is COc1ccc(OC)c(C(=O)NNC(=O)CCCOc2ccc(Cl)cc2C)c1. The minimum absolute atomic E-state index is 0.197. The molecule has 2 aromatic carbocycles. The molecule has 2 N–H and O–H groups in total. The van der Waals surface area contributed by atoms with Crippen LogP contribution in [0.5, 0.6) is 17.2 Å². The number of methoxy groups -OCH3 is 2. The monoisotopic (exact) mass is 406 g/mol. The zero-order valence-corrected chi connectivity index (χ0v) is 16.8. The van der Waals surface area contributed by atoms with Gasteiger partial charge in [0.25, 0.3) is 5.91 Å². The minimum atomic E-state index is -0.503. The average Bonchev–Trinajstić information content (AvgIpc) is 2.70. The van der Waals surface area contributed by atoms with E-state index in [0.29, 0.717) is 29.5 Å². The zero-order valence-electron chi connectivity index (χ0n) is 16.0. The van der Waals surface area contributed by atoms with Gasteiger partial charge in [0.15, 0.2) is 0 Å². The Morgan fingerprint density at radius 2 is 1.75 bits per heavy atom. The van der Waals surface area contributed by atoms with Crippen LogP contribution in [0.4, 0.5) is 0 Å². The third kappa shape index (κ3) is 6.06. The lowest BCUT2D eigenvalue weighted by molar-refractivity contribution is -0.122. The molecule has 0 atom stereocenters. The summed E-state index contributed by atoms with van der Waals surface area (Å²) in [5.74, 6) is 0.776. The van der Waals surface area contributed by atoms with Crippen molar-refractivity contribution in [2.75, 3.05) is 20.8 Å². The van der Waals surface area contributed by atoms with Gasteiger partial charge in [0, 0.05) is 11.4 Å². The number of hydrogen-bond acceptors (Lipinski definition) is 5. The second kappa shape index (κ2) is 10.4. The largest absolute Gasteiger partial charge is 0.497 e. The number of benzene rings is 2. The number of amides is 2. The van der Waals surface area contributed by atoms with Gasteiger partial charge in [-0.1, -0.05) is 11.6 Å². The van der Waals surface area contributed by atoms with Crippen LogP contribution in [-0.2, 0) is 4.79 Å². The highest BCUT2D eigenvalue weighted by Gasteiger charge is 2.14. The molecule has 0 bridgehead atoms. The van der Waals surface area contributed by atoms with E-state index >= 15 is 0 Å². The number of aryl methyl sites for hydroxylation is 1. The van der Waals surface area contributed by atoms with Crippen molar-refractivity contribution in [1.82, 2.24) is 10.9 Å². The fourth-order valence-corrected chi connectivity index (χ4v) is 2.66. The first-order chi connectivity index (χ1) is 13.4. The van der Waals surface area contributed by atoms with Crippen LogP contribution in [0.15, 0.2) is 36.4 Å². The molecule has 0 unspecified atom stereocenters. The van der Waals surface area contributed by atoms with Crippen LogP contribution >= 0.6 is 11.6 Å². The molecule has 0 fully saturated rings. The standard InChI is InChI=1S/C20H23ClN2O5/c1-13-11-14(21)6-8-17(13)28-10-4-5-19(24)22-23-20(25)16-12-15(26-2)7-9-18(16)27-3/h6-9,11-12H,4-5,10H2,1-3H3,(H,22,24)(H,23,25). The van der Waals surface area contributed by atoms with Gasteiger partial charge in [0.1, 0.15) is 17.2 Å². The second-order valence-electron chi connectivity index (χ2n) is 5.93. The van der Waals surface area contributed by atoms with Crippen molar-refractivity contribution in [3.63, 3.8) is 0 Å². The van der Waals surface area contributed by atoms with Gasteiger partial charge in [-0.05, 0) is 55.3 Å². The summed E-state index contributed by atoms with van der Waals surface area (Å²) in [6, 6.07) is 10.2. The van der Waals surface area contributed by atoms with Crippen LogP contribution < -0.4 is 25.1 Å². The fraction of sp³-hybridized carbons (Fsp3) is 0.300. The van der Waals surface area contributed by atoms with Crippen molar-refractivity contribution in [2.24, 2.45) is 0 Å². The van der Waals surface area contributed by atoms with E-state index in [0.717, 1.165) is 11.3 Å². The summed E-state index contributed by atoms with van der Waals surface area (Å²) < 4.78 is 15.9. The predicted octanol–water partition coefficient (Wildman–Crippen LogP) is 3.29. The molecule has 7 nitrogen and oxygen atoms in total. The lowest BCUT2D eigenvalue weighted by Crippen LogP contribution is -2.41. The number of hydrazine groups is 1. The molecule has 2 aromatic rings. The van der Waals surface area contributed by atoms with E-state index in [-0.39, 0.29) is 17.9 Å². The van der Waals surface area contributed by atoms with E-state index in [1.165, 1.54) is 20.3 Å². The molecular weight excluding hydrogens is 384 g/mol. The number of carbonyl (C=O) groups is 2. The molecule has 8 heteroatoms. The van der Waals surface area contributed by atoms with Crippen LogP contribution in [-0.4, -0.2) is 32.6 Å². The Bertz CT molecular complexity index is 841. The molecule has 0 aliphatic heterocycles. The van der Waals surface area contributed by atoms with Crippen molar-refractivity contribution in [2.45, 2.75) is 19.8 Å². The minimum Gasteiger partial charge on any atom is -0.497 e. The third-order valence-electron chi connectivity index (χ3n) is 3.91. The van der Waals surface area contributed by atoms with Crippen LogP contribution in [0, 0.1) is 6.92 Å². The van der Waals surface area contributed by atoms with Crippen molar-refractivity contribution in [1.29, 1.82) is 0 Å². The number of hydrogen-bond donors (Lipinski definition) is 2. The molecule has 0 aromatic heterocycles. The van der Waals surface area contributed by atoms with Crippen LogP contribution in [0.1, 0.15) is 28.8 Å². The van der Waals surface area contributed by atoms with Crippen molar-refractivity contribution < 1.29 is 23.8 Å². The highest BCUT2D eigenvalue weighted by molar-refractivity contribution is 6.30. The number of halogens is 1. The smallest absolute Gasteiger partial charge is 0.273 e. The molecule has 0 aliphatic rings. The van der Waals surface area contributed by atoms with Crippen molar-refractivity contribution >= 4 is 23.4 Å². The molecule has 150 valence electrons. The van der Waals surface area contributed by atoms with Crippen molar-refractivity contribution in [3.05, 3.63) is 52.5 Å². The van der Waals surface area contributed by atoms with Gasteiger partial charge in [-0.3, -0.25) is 20.4 Å². The Morgan fingerprint density at radius 3 is 2.43 bits per heavy atom. The Hall–Kier alpha value is -2.93. The van der Waals surface area contributed by atoms with E-state index in [9.17, 15) is 9.59 Å². The Labute approximate surface area is 168 Å². The van der Waals surface area contributed by atoms with Gasteiger partial charge in [-0.2, -0.15) is 0 Å². The van der Waals surface area contributed by atoms with Crippen LogP contribution in [0.2, 0.25) is 5.02 Å². The molecule has 0 heterocycles. The first kappa shape index (κ1) is 21.4. The summed E-state index contributed by atoms with van der Waals surface area (Å²) in [5.41, 5.74) is 5.93. The van der Waals surface area contributed by atoms with Gasteiger partial charge in [0.2, 0.25) is 5.91 Å². The molecule has 0 radical (unpaired) electrons. The second-order valence-corrected chi connectivity index (χ2v) is 6.37. The maximum absolute atomic E-state index is 12.3. The lowest BCUT2D eigenvalue weighted by atomic mass is 10.2. The summed E-state index contributed by atoms with van der Waals surface area (Å²) in [7, 11) is 2.96. The summed E-state index contributed by atoms with van der Waals surface area (Å²) >= 11 is 5.90. The predicted molar refractivity (Wildman–Crippen MR) is 106 cm³/mol. The van der Waals surface area contributed by atoms with Gasteiger partial charge >= 0.3 is 0 Å². The van der Waals surface area contributed by atoms with E-state index in [1.54, 1.807) is 24.3 Å². The summed E-state index contributed by atoms with van der Waals surface area (Å²) in [5, 5.41) is 0.646. The normalized spacial score (nSPS) is 10.1. The quantitative estimate of drug-likeness (QED) is 0.519. The lowest BCUT2D eigenvalue weighted by Gasteiger charge is -2.12. The molecule has 0 saturated carbocycles. The molecule has 0 saturated heterocycles. The highest BCUT2D eigenvalue weighted by Crippen LogP contribution is 2.24. The van der Waals surface area contributed by atoms with E-state index in [2.05, 4.69) is 10.9 Å². The topological polar surface area (TPSA) is 85.9 Å². The highest BCUT2D eigenvalue weighted by atomic mass is 35.5. The first-order valence-electron chi connectivity index (χ1n) is 8.64. The number of nitrogens with one attached hydrogen (secondary N) is 2. The Balaban J connectivity index is 1.77. The Morgan fingerprint density at radius 1 is 1.00 bits per heavy atom. The first-order valence-corrected chi connectivity index (χ1v) is 9.02. The summed E-state index contributed by atoms with van der Waals surface area (Å²) in [4.78, 5) is 24.2. The molecule has 2 rings (SSSR count). The fourth-order valence-electron chi connectivity index (χ4n) is 2.44. The molecule has 2 amide bonds. The molecule has 28 heavy (non-hydrogen) atoms. The Kier molecular flexibility index (Phi) is 7.95. The van der Waals surface area contributed by atoms with E-state index in [4.69, 9.17) is 25.8 Å². The number of rotatable bonds is 8. The van der Waals surface area contributed by atoms with Crippen LogP contribution in [0.3, 0.4) is 0 Å². The maximum atomic E-state index is 12.3. The van der Waals surface area contributed by atoms with Gasteiger partial charge in [-0.25, -0.2) is 0 Å². The van der Waals surface area contributed by atoms with Gasteiger partial charge < -0.3 is 14.2 Å². The number of ether oxygens (including phenoxy) is 3. The van der Waals surface area contributed by atoms with Crippen LogP contribution in [0.25, 0.3) is 0 Å². The molecular formula is C20H23ClN2O5. The van der Waals surface area contributed by atoms with Crippen molar-refractivity contribution in [3.8, 4) is 17.2 Å². The number of carbonyl (C=O) groups excluding carboxylic acids is 2. The van der Waals surface area contributed by atoms with Gasteiger partial charge in [-0.15, -0.1) is 0 Å². The van der Waals surface area contributed by atoms with E-state index in [1.807, 2.05) is 13.0 Å². The molecule has 0 spiro atoms.